The largest absolute Gasteiger partial charge is 0.384 e. The van der Waals surface area contributed by atoms with Crippen LogP contribution in [0.2, 0.25) is 0 Å². The molecule has 1 aliphatic heterocycles. The Morgan fingerprint density at radius 1 is 1.22 bits per heavy atom. The minimum Gasteiger partial charge on any atom is -0.384 e. The lowest BCUT2D eigenvalue weighted by Gasteiger charge is -2.26. The molecule has 1 unspecified atom stereocenters. The van der Waals surface area contributed by atoms with Crippen LogP contribution in [-0.4, -0.2) is 34.3 Å². The Kier molecular flexibility index (Phi) is 10.3. The van der Waals surface area contributed by atoms with Crippen LogP contribution in [0.4, 0.5) is 5.82 Å². The van der Waals surface area contributed by atoms with E-state index in [0.717, 1.165) is 27.8 Å². The fourth-order valence-electron chi connectivity index (χ4n) is 4.28. The monoisotopic (exact) mass is 519 g/mol. The maximum absolute atomic E-state index is 13.3. The number of carbonyl (C=O) groups is 2. The predicted octanol–water partition coefficient (Wildman–Crippen LogP) is 5.15. The number of amides is 2. The van der Waals surface area contributed by atoms with Crippen molar-refractivity contribution < 1.29 is 9.59 Å². The number of carbonyl (C=O) groups excluding carboxylic acids is 2. The molecule has 2 amide bonds. The van der Waals surface area contributed by atoms with E-state index in [0.29, 0.717) is 43.1 Å². The molecule has 2 aromatic heterocycles. The lowest BCUT2D eigenvalue weighted by molar-refractivity contribution is -0.134. The average Bonchev–Trinajstić information content (AvgIpc) is 3.51. The summed E-state index contributed by atoms with van der Waals surface area (Å²) in [6.07, 6.45) is 6.51. The highest BCUT2D eigenvalue weighted by atomic mass is 32.1. The van der Waals surface area contributed by atoms with Gasteiger partial charge in [0.15, 0.2) is 0 Å². The van der Waals surface area contributed by atoms with Gasteiger partial charge in [0.05, 0.1) is 12.2 Å². The molecule has 37 heavy (non-hydrogen) atoms. The SMILES string of the molecule is C=C1CCC(C(=O)NCc2cc3cnc(N)cc3s2)N1C(=O)/C(=C\C)NCCCc1ccccc1.CC. The number of allylic oxidation sites excluding steroid dienone is 2. The van der Waals surface area contributed by atoms with Crippen molar-refractivity contribution in [2.24, 2.45) is 0 Å². The van der Waals surface area contributed by atoms with Gasteiger partial charge in [-0.3, -0.25) is 14.5 Å². The number of nitrogen functional groups attached to an aromatic ring is 1. The van der Waals surface area contributed by atoms with Gasteiger partial charge in [0.2, 0.25) is 5.91 Å². The van der Waals surface area contributed by atoms with Crippen LogP contribution in [-0.2, 0) is 22.6 Å². The molecule has 4 rings (SSSR count). The van der Waals surface area contributed by atoms with E-state index in [4.69, 9.17) is 5.73 Å². The van der Waals surface area contributed by atoms with Crippen molar-refractivity contribution in [2.45, 2.75) is 59.0 Å². The number of nitrogens with two attached hydrogens (primary N) is 1. The van der Waals surface area contributed by atoms with Gasteiger partial charge < -0.3 is 16.4 Å². The lowest BCUT2D eigenvalue weighted by Crippen LogP contribution is -2.46. The molecule has 0 bridgehead atoms. The summed E-state index contributed by atoms with van der Waals surface area (Å²) < 4.78 is 1.03. The zero-order chi connectivity index (χ0) is 26.8. The van der Waals surface area contributed by atoms with Gasteiger partial charge in [0.1, 0.15) is 11.9 Å². The van der Waals surface area contributed by atoms with E-state index in [1.54, 1.807) is 28.5 Å². The number of pyridine rings is 1. The van der Waals surface area contributed by atoms with Crippen LogP contribution in [0.3, 0.4) is 0 Å². The van der Waals surface area contributed by atoms with E-state index in [1.807, 2.05) is 51.1 Å². The average molecular weight is 520 g/mol. The second-order valence-electron chi connectivity index (χ2n) is 8.59. The highest BCUT2D eigenvalue weighted by Gasteiger charge is 2.37. The van der Waals surface area contributed by atoms with Gasteiger partial charge in [0.25, 0.3) is 5.91 Å². The first-order chi connectivity index (χ1) is 18.0. The predicted molar refractivity (Wildman–Crippen MR) is 153 cm³/mol. The molecule has 0 aliphatic carbocycles. The molecule has 0 spiro atoms. The third-order valence-corrected chi connectivity index (χ3v) is 7.21. The highest BCUT2D eigenvalue weighted by molar-refractivity contribution is 7.19. The normalized spacial score (nSPS) is 15.3. The van der Waals surface area contributed by atoms with Crippen molar-refractivity contribution in [1.82, 2.24) is 20.5 Å². The van der Waals surface area contributed by atoms with Crippen LogP contribution in [0.5, 0.6) is 0 Å². The number of hydrogen-bond donors (Lipinski definition) is 3. The summed E-state index contributed by atoms with van der Waals surface area (Å²) >= 11 is 1.57. The van der Waals surface area contributed by atoms with E-state index in [-0.39, 0.29) is 11.8 Å². The summed E-state index contributed by atoms with van der Waals surface area (Å²) in [5.74, 6) is 0.0897. The maximum Gasteiger partial charge on any atom is 0.274 e. The van der Waals surface area contributed by atoms with Gasteiger partial charge in [-0.1, -0.05) is 56.8 Å². The quantitative estimate of drug-likeness (QED) is 0.268. The molecule has 1 fully saturated rings. The number of hydrogen-bond acceptors (Lipinski definition) is 6. The second kappa shape index (κ2) is 13.6. The van der Waals surface area contributed by atoms with Crippen LogP contribution in [0.15, 0.2) is 72.7 Å². The van der Waals surface area contributed by atoms with Crippen LogP contribution in [0, 0.1) is 0 Å². The van der Waals surface area contributed by atoms with Crippen LogP contribution in [0.1, 0.15) is 50.5 Å². The molecule has 196 valence electrons. The topological polar surface area (TPSA) is 100 Å². The van der Waals surface area contributed by atoms with E-state index < -0.39 is 6.04 Å². The summed E-state index contributed by atoms with van der Waals surface area (Å²) in [5, 5.41) is 7.25. The minimum atomic E-state index is -0.567. The second-order valence-corrected chi connectivity index (χ2v) is 9.76. The van der Waals surface area contributed by atoms with E-state index in [1.165, 1.54) is 5.56 Å². The molecule has 1 aromatic carbocycles. The first-order valence-electron chi connectivity index (χ1n) is 12.8. The van der Waals surface area contributed by atoms with Gasteiger partial charge in [-0.2, -0.15) is 0 Å². The van der Waals surface area contributed by atoms with Gasteiger partial charge in [0, 0.05) is 33.4 Å². The Morgan fingerprint density at radius 3 is 2.70 bits per heavy atom. The van der Waals surface area contributed by atoms with Gasteiger partial charge >= 0.3 is 0 Å². The summed E-state index contributed by atoms with van der Waals surface area (Å²) in [4.78, 5) is 33.1. The first-order valence-corrected chi connectivity index (χ1v) is 13.6. The Balaban J connectivity index is 0.00000186. The number of thiophene rings is 1. The van der Waals surface area contributed by atoms with E-state index in [2.05, 4.69) is 34.3 Å². The number of nitrogens with zero attached hydrogens (tertiary/aromatic N) is 2. The standard InChI is InChI=1S/C27H31N5O2S.C2H6/c1-3-22(29-13-7-10-19-8-5-4-6-9-19)27(34)32-18(2)11-12-23(32)26(33)31-17-21-14-20-16-30-25(28)15-24(20)35-21;1-2/h3-6,8-9,14-16,23,29H,2,7,10-13,17H2,1H3,(H2,28,30)(H,31,33);1-2H3/b22-3+;. The molecule has 1 saturated heterocycles. The van der Waals surface area contributed by atoms with Crippen molar-refractivity contribution in [3.8, 4) is 0 Å². The number of rotatable bonds is 9. The molecule has 8 heteroatoms. The maximum atomic E-state index is 13.3. The number of nitrogens with one attached hydrogen (secondary N) is 2. The fourth-order valence-corrected chi connectivity index (χ4v) is 5.30. The third kappa shape index (κ3) is 7.20. The van der Waals surface area contributed by atoms with E-state index >= 15 is 0 Å². The Morgan fingerprint density at radius 2 is 1.97 bits per heavy atom. The van der Waals surface area contributed by atoms with Crippen molar-refractivity contribution in [3.63, 3.8) is 0 Å². The summed E-state index contributed by atoms with van der Waals surface area (Å²) in [6.45, 7) is 10.9. The summed E-state index contributed by atoms with van der Waals surface area (Å²) in [7, 11) is 0. The van der Waals surface area contributed by atoms with Crippen LogP contribution < -0.4 is 16.4 Å². The first kappa shape index (κ1) is 27.9. The lowest BCUT2D eigenvalue weighted by atomic mass is 10.1. The van der Waals surface area contributed by atoms with Crippen LogP contribution >= 0.6 is 11.3 Å². The zero-order valence-electron chi connectivity index (χ0n) is 21.9. The Bertz CT molecular complexity index is 1250. The smallest absolute Gasteiger partial charge is 0.274 e. The molecule has 3 aromatic rings. The van der Waals surface area contributed by atoms with E-state index in [9.17, 15) is 9.59 Å². The molecule has 4 N–H and O–H groups in total. The summed E-state index contributed by atoms with van der Waals surface area (Å²) in [6, 6.07) is 13.5. The molecule has 7 nitrogen and oxygen atoms in total. The molecule has 1 atom stereocenters. The molecule has 3 heterocycles. The molecule has 0 saturated carbocycles. The number of likely N-dealkylation sites (tertiary alicyclic amines) is 1. The third-order valence-electron chi connectivity index (χ3n) is 6.11. The van der Waals surface area contributed by atoms with Gasteiger partial charge in [-0.15, -0.1) is 11.3 Å². The Hall–Kier alpha value is -3.65. The summed E-state index contributed by atoms with van der Waals surface area (Å²) in [5.41, 5.74) is 8.20. The number of fused-ring (bicyclic) bond motifs is 1. The highest BCUT2D eigenvalue weighted by Crippen LogP contribution is 2.29. The van der Waals surface area contributed by atoms with Crippen molar-refractivity contribution in [3.05, 3.63) is 83.2 Å². The van der Waals surface area contributed by atoms with Crippen molar-refractivity contribution in [1.29, 1.82) is 0 Å². The minimum absolute atomic E-state index is 0.174. The van der Waals surface area contributed by atoms with Crippen LogP contribution in [0.25, 0.3) is 10.1 Å². The zero-order valence-corrected chi connectivity index (χ0v) is 22.7. The number of aromatic nitrogens is 1. The number of benzene rings is 1. The molecule has 1 aliphatic rings. The number of anilines is 1. The number of aryl methyl sites for hydroxylation is 1. The fraction of sp³-hybridized carbons (Fsp3) is 0.345. The molecular weight excluding hydrogens is 482 g/mol. The van der Waals surface area contributed by atoms with Gasteiger partial charge in [-0.25, -0.2) is 4.98 Å². The van der Waals surface area contributed by atoms with Crippen molar-refractivity contribution in [2.75, 3.05) is 12.3 Å². The molecular formula is C29H37N5O2S. The Labute approximate surface area is 223 Å². The molecule has 0 radical (unpaired) electrons. The van der Waals surface area contributed by atoms with Gasteiger partial charge in [-0.05, 0) is 50.3 Å². The van der Waals surface area contributed by atoms with Crippen molar-refractivity contribution >= 4 is 39.1 Å².